The molecule has 1 fully saturated rings. The molecule has 0 unspecified atom stereocenters. The van der Waals surface area contributed by atoms with Crippen molar-refractivity contribution in [2.45, 2.75) is 51.6 Å². The molecule has 0 saturated heterocycles. The second-order valence-corrected chi connectivity index (χ2v) is 6.99. The summed E-state index contributed by atoms with van der Waals surface area (Å²) in [5, 5.41) is 6.80. The number of nitrogens with zero attached hydrogens (tertiary/aromatic N) is 2. The number of anilines is 2. The Morgan fingerprint density at radius 1 is 1.09 bits per heavy atom. The van der Waals surface area contributed by atoms with Gasteiger partial charge in [0.1, 0.15) is 5.82 Å². The summed E-state index contributed by atoms with van der Waals surface area (Å²) in [5.41, 5.74) is 2.36. The highest BCUT2D eigenvalue weighted by molar-refractivity contribution is 5.45. The van der Waals surface area contributed by atoms with E-state index in [9.17, 15) is 0 Å². The van der Waals surface area contributed by atoms with E-state index in [2.05, 4.69) is 71.7 Å². The summed E-state index contributed by atoms with van der Waals surface area (Å²) in [7, 11) is 0. The number of nitrogens with one attached hydrogen (secondary N) is 2. The lowest BCUT2D eigenvalue weighted by atomic mass is 10.1. The molecule has 1 aromatic heterocycles. The molecule has 4 heteroatoms. The molecule has 1 saturated carbocycles. The van der Waals surface area contributed by atoms with Crippen LogP contribution in [-0.4, -0.2) is 15.5 Å². The van der Waals surface area contributed by atoms with Crippen LogP contribution >= 0.6 is 0 Å². The van der Waals surface area contributed by atoms with Crippen LogP contribution in [0.5, 0.6) is 0 Å². The molecule has 3 rings (SSSR count). The first-order valence-corrected chi connectivity index (χ1v) is 7.94. The van der Waals surface area contributed by atoms with E-state index in [-0.39, 0.29) is 5.54 Å². The fourth-order valence-electron chi connectivity index (χ4n) is 2.32. The van der Waals surface area contributed by atoms with Gasteiger partial charge in [-0.3, -0.25) is 0 Å². The topological polar surface area (TPSA) is 49.8 Å². The number of aromatic nitrogens is 2. The van der Waals surface area contributed by atoms with Gasteiger partial charge in [-0.2, -0.15) is 4.98 Å². The van der Waals surface area contributed by atoms with Crippen LogP contribution in [0, 0.1) is 0 Å². The number of hydrogen-bond donors (Lipinski definition) is 2. The first kappa shape index (κ1) is 14.8. The molecule has 22 heavy (non-hydrogen) atoms. The van der Waals surface area contributed by atoms with Crippen molar-refractivity contribution in [1.82, 2.24) is 9.97 Å². The van der Waals surface area contributed by atoms with Crippen molar-refractivity contribution in [3.05, 3.63) is 47.7 Å². The Bertz CT molecular complexity index is 627. The van der Waals surface area contributed by atoms with Crippen LogP contribution < -0.4 is 10.6 Å². The third-order valence-corrected chi connectivity index (χ3v) is 3.54. The predicted molar refractivity (Wildman–Crippen MR) is 91.2 cm³/mol. The molecule has 2 N–H and O–H groups in total. The highest BCUT2D eigenvalue weighted by Gasteiger charge is 2.26. The third kappa shape index (κ3) is 4.20. The lowest BCUT2D eigenvalue weighted by Gasteiger charge is -2.21. The largest absolute Gasteiger partial charge is 0.366 e. The summed E-state index contributed by atoms with van der Waals surface area (Å²) in [6, 6.07) is 12.5. The van der Waals surface area contributed by atoms with Gasteiger partial charge in [0.25, 0.3) is 0 Å². The van der Waals surface area contributed by atoms with E-state index in [1.807, 2.05) is 6.07 Å². The highest BCUT2D eigenvalue weighted by Crippen LogP contribution is 2.40. The fourth-order valence-corrected chi connectivity index (χ4v) is 2.32. The zero-order valence-electron chi connectivity index (χ0n) is 13.6. The van der Waals surface area contributed by atoms with Crippen LogP contribution in [0.15, 0.2) is 36.4 Å². The van der Waals surface area contributed by atoms with Gasteiger partial charge in [0.2, 0.25) is 5.95 Å². The minimum atomic E-state index is -0.0428. The molecular weight excluding hydrogens is 272 g/mol. The minimum absolute atomic E-state index is 0.0428. The normalized spacial score (nSPS) is 14.7. The standard InChI is InChI=1S/C18H24N4/c1-18(2,3)22-17-20-15(14-9-10-14)11-16(21-17)19-12-13-7-5-4-6-8-13/h4-8,11,14H,9-10,12H2,1-3H3,(H2,19,20,21,22). The first-order chi connectivity index (χ1) is 10.5. The molecule has 0 spiro atoms. The maximum Gasteiger partial charge on any atom is 0.225 e. The molecule has 0 atom stereocenters. The summed E-state index contributed by atoms with van der Waals surface area (Å²) in [6.45, 7) is 7.14. The number of hydrogen-bond acceptors (Lipinski definition) is 4. The fraction of sp³-hybridized carbons (Fsp3) is 0.444. The number of benzene rings is 1. The molecule has 0 radical (unpaired) electrons. The second kappa shape index (κ2) is 5.95. The molecule has 0 aliphatic heterocycles. The quantitative estimate of drug-likeness (QED) is 0.869. The SMILES string of the molecule is CC(C)(C)Nc1nc(NCc2ccccc2)cc(C2CC2)n1. The molecular formula is C18H24N4. The zero-order chi connectivity index (χ0) is 15.6. The van der Waals surface area contributed by atoms with E-state index >= 15 is 0 Å². The van der Waals surface area contributed by atoms with Gasteiger partial charge in [0.05, 0.1) is 5.69 Å². The minimum Gasteiger partial charge on any atom is -0.366 e. The van der Waals surface area contributed by atoms with Crippen LogP contribution in [-0.2, 0) is 6.54 Å². The van der Waals surface area contributed by atoms with Crippen molar-refractivity contribution in [3.63, 3.8) is 0 Å². The maximum atomic E-state index is 4.67. The molecule has 4 nitrogen and oxygen atoms in total. The Hall–Kier alpha value is -2.10. The average Bonchev–Trinajstić information content (AvgIpc) is 3.29. The number of rotatable bonds is 5. The van der Waals surface area contributed by atoms with Gasteiger partial charge in [-0.1, -0.05) is 30.3 Å². The lowest BCUT2D eigenvalue weighted by Crippen LogP contribution is -2.27. The Kier molecular flexibility index (Phi) is 4.01. The van der Waals surface area contributed by atoms with Crippen molar-refractivity contribution in [1.29, 1.82) is 0 Å². The molecule has 2 aromatic rings. The van der Waals surface area contributed by atoms with E-state index in [4.69, 9.17) is 0 Å². The molecule has 0 bridgehead atoms. The van der Waals surface area contributed by atoms with Crippen molar-refractivity contribution in [3.8, 4) is 0 Å². The van der Waals surface area contributed by atoms with Crippen LogP contribution in [0.25, 0.3) is 0 Å². The van der Waals surface area contributed by atoms with E-state index < -0.39 is 0 Å². The Labute approximate surface area is 132 Å². The summed E-state index contributed by atoms with van der Waals surface area (Å²) in [5.74, 6) is 2.22. The molecule has 1 heterocycles. The van der Waals surface area contributed by atoms with Crippen molar-refractivity contribution < 1.29 is 0 Å². The molecule has 0 amide bonds. The lowest BCUT2D eigenvalue weighted by molar-refractivity contribution is 0.625. The second-order valence-electron chi connectivity index (χ2n) is 6.99. The van der Waals surface area contributed by atoms with Gasteiger partial charge < -0.3 is 10.6 Å². The molecule has 116 valence electrons. The Morgan fingerprint density at radius 3 is 2.45 bits per heavy atom. The Balaban J connectivity index is 1.77. The molecule has 1 aliphatic carbocycles. The maximum absolute atomic E-state index is 4.67. The van der Waals surface area contributed by atoms with Gasteiger partial charge in [0, 0.05) is 24.1 Å². The van der Waals surface area contributed by atoms with Crippen molar-refractivity contribution in [2.75, 3.05) is 10.6 Å². The van der Waals surface area contributed by atoms with E-state index in [0.29, 0.717) is 11.9 Å². The molecule has 1 aliphatic rings. The average molecular weight is 296 g/mol. The predicted octanol–water partition coefficient (Wildman–Crippen LogP) is 4.18. The summed E-state index contributed by atoms with van der Waals surface area (Å²) >= 11 is 0. The van der Waals surface area contributed by atoms with Gasteiger partial charge in [-0.25, -0.2) is 4.98 Å². The van der Waals surface area contributed by atoms with Gasteiger partial charge in [-0.05, 0) is 39.2 Å². The first-order valence-electron chi connectivity index (χ1n) is 7.94. The molecule has 1 aromatic carbocycles. The monoisotopic (exact) mass is 296 g/mol. The van der Waals surface area contributed by atoms with Gasteiger partial charge in [0.15, 0.2) is 0 Å². The summed E-state index contributed by atoms with van der Waals surface area (Å²) in [6.07, 6.45) is 2.48. The highest BCUT2D eigenvalue weighted by atomic mass is 15.2. The van der Waals surface area contributed by atoms with E-state index in [0.717, 1.165) is 18.1 Å². The van der Waals surface area contributed by atoms with Gasteiger partial charge in [-0.15, -0.1) is 0 Å². The van der Waals surface area contributed by atoms with Crippen LogP contribution in [0.3, 0.4) is 0 Å². The zero-order valence-corrected chi connectivity index (χ0v) is 13.6. The smallest absolute Gasteiger partial charge is 0.225 e. The van der Waals surface area contributed by atoms with E-state index in [1.54, 1.807) is 0 Å². The van der Waals surface area contributed by atoms with Crippen LogP contribution in [0.1, 0.15) is 50.8 Å². The summed E-state index contributed by atoms with van der Waals surface area (Å²) in [4.78, 5) is 9.28. The van der Waals surface area contributed by atoms with Crippen molar-refractivity contribution >= 4 is 11.8 Å². The summed E-state index contributed by atoms with van der Waals surface area (Å²) < 4.78 is 0. The third-order valence-electron chi connectivity index (χ3n) is 3.54. The van der Waals surface area contributed by atoms with Crippen molar-refractivity contribution in [2.24, 2.45) is 0 Å². The van der Waals surface area contributed by atoms with Gasteiger partial charge >= 0.3 is 0 Å². The van der Waals surface area contributed by atoms with Crippen LogP contribution in [0.2, 0.25) is 0 Å². The van der Waals surface area contributed by atoms with E-state index in [1.165, 1.54) is 18.4 Å². The van der Waals surface area contributed by atoms with Crippen LogP contribution in [0.4, 0.5) is 11.8 Å². The Morgan fingerprint density at radius 2 is 1.82 bits per heavy atom.